The second-order valence-electron chi connectivity index (χ2n) is 3.44. The predicted octanol–water partition coefficient (Wildman–Crippen LogP) is -0.261. The van der Waals surface area contributed by atoms with Crippen molar-refractivity contribution in [2.24, 2.45) is 5.84 Å². The number of aromatic nitrogens is 3. The van der Waals surface area contributed by atoms with E-state index in [1.807, 2.05) is 6.92 Å². The quantitative estimate of drug-likeness (QED) is 0.381. The van der Waals surface area contributed by atoms with Crippen LogP contribution in [0.5, 0.6) is 6.01 Å². The second-order valence-corrected chi connectivity index (χ2v) is 3.44. The third kappa shape index (κ3) is 4.37. The Morgan fingerprint density at radius 2 is 2.06 bits per heavy atom. The molecule has 8 heteroatoms. The lowest BCUT2D eigenvalue weighted by Gasteiger charge is -2.11. The van der Waals surface area contributed by atoms with Crippen LogP contribution in [0.1, 0.15) is 19.8 Å². The van der Waals surface area contributed by atoms with E-state index in [4.69, 9.17) is 10.6 Å². The standard InChI is InChI=1S/C9H18N6O2/c1-3-4-6(16)5-11-7-12-8(15-10)14-9(13-7)17-2/h6,16H,3-5,10H2,1-2H3,(H2,11,12,13,14,15). The molecule has 0 spiro atoms. The molecular weight excluding hydrogens is 224 g/mol. The van der Waals surface area contributed by atoms with Gasteiger partial charge >= 0.3 is 6.01 Å². The van der Waals surface area contributed by atoms with Crippen molar-refractivity contribution < 1.29 is 9.84 Å². The molecule has 17 heavy (non-hydrogen) atoms. The first-order chi connectivity index (χ1) is 8.19. The zero-order valence-corrected chi connectivity index (χ0v) is 9.97. The fraction of sp³-hybridized carbons (Fsp3) is 0.667. The molecule has 8 nitrogen and oxygen atoms in total. The lowest BCUT2D eigenvalue weighted by Crippen LogP contribution is -2.21. The summed E-state index contributed by atoms with van der Waals surface area (Å²) in [5, 5.41) is 12.4. The van der Waals surface area contributed by atoms with E-state index in [0.717, 1.165) is 12.8 Å². The van der Waals surface area contributed by atoms with Crippen molar-refractivity contribution in [1.29, 1.82) is 0 Å². The molecule has 1 unspecified atom stereocenters. The normalized spacial score (nSPS) is 12.0. The number of nitrogens with two attached hydrogens (primary N) is 1. The summed E-state index contributed by atoms with van der Waals surface area (Å²) in [6.07, 6.45) is 1.20. The Bertz CT molecular complexity index is 326. The van der Waals surface area contributed by atoms with Gasteiger partial charge in [-0.05, 0) is 6.42 Å². The maximum atomic E-state index is 9.56. The van der Waals surface area contributed by atoms with Crippen molar-refractivity contribution in [3.63, 3.8) is 0 Å². The zero-order valence-electron chi connectivity index (χ0n) is 9.97. The first-order valence-corrected chi connectivity index (χ1v) is 5.38. The Hall–Kier alpha value is -1.67. The molecule has 0 saturated heterocycles. The first-order valence-electron chi connectivity index (χ1n) is 5.38. The molecule has 0 bridgehead atoms. The highest BCUT2D eigenvalue weighted by atomic mass is 16.5. The summed E-state index contributed by atoms with van der Waals surface area (Å²) in [6.45, 7) is 2.37. The fourth-order valence-electron chi connectivity index (χ4n) is 1.24. The van der Waals surface area contributed by atoms with Gasteiger partial charge in [0.25, 0.3) is 0 Å². The third-order valence-electron chi connectivity index (χ3n) is 2.04. The van der Waals surface area contributed by atoms with Gasteiger partial charge in [0.15, 0.2) is 0 Å². The Labute approximate surface area is 99.6 Å². The third-order valence-corrected chi connectivity index (χ3v) is 2.04. The molecule has 1 heterocycles. The summed E-state index contributed by atoms with van der Waals surface area (Å²) < 4.78 is 4.89. The molecule has 0 amide bonds. The minimum atomic E-state index is -0.433. The van der Waals surface area contributed by atoms with E-state index in [9.17, 15) is 5.11 Å². The molecule has 0 saturated carbocycles. The number of methoxy groups -OCH3 is 1. The van der Waals surface area contributed by atoms with Gasteiger partial charge in [-0.25, -0.2) is 5.84 Å². The number of hydrogen-bond donors (Lipinski definition) is 4. The molecular formula is C9H18N6O2. The van der Waals surface area contributed by atoms with Crippen molar-refractivity contribution >= 4 is 11.9 Å². The second kappa shape index (κ2) is 6.81. The van der Waals surface area contributed by atoms with Crippen LogP contribution in [0.15, 0.2) is 0 Å². The van der Waals surface area contributed by atoms with E-state index in [1.165, 1.54) is 7.11 Å². The number of nitrogen functional groups attached to an aromatic ring is 1. The van der Waals surface area contributed by atoms with E-state index >= 15 is 0 Å². The average Bonchev–Trinajstić information content (AvgIpc) is 2.36. The van der Waals surface area contributed by atoms with Crippen molar-refractivity contribution in [1.82, 2.24) is 15.0 Å². The van der Waals surface area contributed by atoms with Gasteiger partial charge < -0.3 is 15.2 Å². The highest BCUT2D eigenvalue weighted by Crippen LogP contribution is 2.09. The molecule has 0 aliphatic heterocycles. The largest absolute Gasteiger partial charge is 0.467 e. The molecule has 1 atom stereocenters. The highest BCUT2D eigenvalue weighted by molar-refractivity contribution is 5.34. The van der Waals surface area contributed by atoms with Crippen molar-refractivity contribution in [2.75, 3.05) is 24.4 Å². The number of anilines is 2. The highest BCUT2D eigenvalue weighted by Gasteiger charge is 2.07. The molecule has 1 rings (SSSR count). The molecule has 0 radical (unpaired) electrons. The summed E-state index contributed by atoms with van der Waals surface area (Å²) in [5.41, 5.74) is 2.31. The van der Waals surface area contributed by atoms with Gasteiger partial charge in [0.05, 0.1) is 13.2 Å². The van der Waals surface area contributed by atoms with Gasteiger partial charge in [-0.2, -0.15) is 15.0 Å². The molecule has 1 aromatic heterocycles. The van der Waals surface area contributed by atoms with Gasteiger partial charge in [0, 0.05) is 6.54 Å². The SMILES string of the molecule is CCCC(O)CNc1nc(NN)nc(OC)n1. The Balaban J connectivity index is 2.63. The zero-order chi connectivity index (χ0) is 12.7. The van der Waals surface area contributed by atoms with Crippen LogP contribution in [0.3, 0.4) is 0 Å². The Morgan fingerprint density at radius 3 is 2.65 bits per heavy atom. The first kappa shape index (κ1) is 13.4. The van der Waals surface area contributed by atoms with E-state index in [0.29, 0.717) is 12.5 Å². The topological polar surface area (TPSA) is 118 Å². The monoisotopic (exact) mass is 242 g/mol. The van der Waals surface area contributed by atoms with Crippen LogP contribution in [-0.2, 0) is 0 Å². The van der Waals surface area contributed by atoms with Crippen LogP contribution >= 0.6 is 0 Å². The number of ether oxygens (including phenoxy) is 1. The van der Waals surface area contributed by atoms with Gasteiger partial charge in [-0.1, -0.05) is 13.3 Å². The summed E-state index contributed by atoms with van der Waals surface area (Å²) in [6, 6.07) is 0.153. The fourth-order valence-corrected chi connectivity index (χ4v) is 1.24. The van der Waals surface area contributed by atoms with Crippen LogP contribution < -0.4 is 21.3 Å². The van der Waals surface area contributed by atoms with Crippen LogP contribution in [-0.4, -0.2) is 39.8 Å². The maximum Gasteiger partial charge on any atom is 0.322 e. The number of nitrogens with zero attached hydrogens (tertiary/aromatic N) is 3. The molecule has 0 aliphatic rings. The van der Waals surface area contributed by atoms with Crippen LogP contribution in [0.4, 0.5) is 11.9 Å². The number of aliphatic hydroxyl groups excluding tert-OH is 1. The van der Waals surface area contributed by atoms with E-state index < -0.39 is 6.10 Å². The van der Waals surface area contributed by atoms with Gasteiger partial charge in [0.2, 0.25) is 11.9 Å². The lowest BCUT2D eigenvalue weighted by molar-refractivity contribution is 0.176. The van der Waals surface area contributed by atoms with Crippen molar-refractivity contribution in [3.05, 3.63) is 0 Å². The summed E-state index contributed by atoms with van der Waals surface area (Å²) >= 11 is 0. The summed E-state index contributed by atoms with van der Waals surface area (Å²) in [5.74, 6) is 5.71. The average molecular weight is 242 g/mol. The molecule has 96 valence electrons. The molecule has 0 aromatic carbocycles. The van der Waals surface area contributed by atoms with E-state index in [2.05, 4.69) is 25.7 Å². The van der Waals surface area contributed by atoms with Crippen LogP contribution in [0.25, 0.3) is 0 Å². The minimum Gasteiger partial charge on any atom is -0.467 e. The Kier molecular flexibility index (Phi) is 5.37. The number of hydrogen-bond acceptors (Lipinski definition) is 8. The van der Waals surface area contributed by atoms with Gasteiger partial charge in [-0.15, -0.1) is 0 Å². The van der Waals surface area contributed by atoms with E-state index in [-0.39, 0.29) is 12.0 Å². The Morgan fingerprint density at radius 1 is 1.35 bits per heavy atom. The van der Waals surface area contributed by atoms with Crippen molar-refractivity contribution in [3.8, 4) is 6.01 Å². The molecule has 0 fully saturated rings. The van der Waals surface area contributed by atoms with Gasteiger partial charge in [-0.3, -0.25) is 5.43 Å². The number of nitrogens with one attached hydrogen (secondary N) is 2. The van der Waals surface area contributed by atoms with Crippen LogP contribution in [0, 0.1) is 0 Å². The molecule has 5 N–H and O–H groups in total. The lowest BCUT2D eigenvalue weighted by atomic mass is 10.2. The van der Waals surface area contributed by atoms with E-state index in [1.54, 1.807) is 0 Å². The molecule has 0 aliphatic carbocycles. The maximum absolute atomic E-state index is 9.56. The predicted molar refractivity (Wildman–Crippen MR) is 63.6 cm³/mol. The summed E-state index contributed by atoms with van der Waals surface area (Å²) in [7, 11) is 1.45. The number of aliphatic hydroxyl groups is 1. The molecule has 1 aromatic rings. The minimum absolute atomic E-state index is 0.153. The number of hydrazine groups is 1. The van der Waals surface area contributed by atoms with Gasteiger partial charge in [0.1, 0.15) is 0 Å². The smallest absolute Gasteiger partial charge is 0.322 e. The van der Waals surface area contributed by atoms with Crippen LogP contribution in [0.2, 0.25) is 0 Å². The number of rotatable bonds is 7. The summed E-state index contributed by atoms with van der Waals surface area (Å²) in [4.78, 5) is 11.8. The van der Waals surface area contributed by atoms with Crippen molar-refractivity contribution in [2.45, 2.75) is 25.9 Å².